The average Bonchev–Trinajstić information content (AvgIpc) is 2.25. The van der Waals surface area contributed by atoms with Crippen molar-refractivity contribution in [2.45, 2.75) is 12.6 Å². The van der Waals surface area contributed by atoms with Crippen LogP contribution >= 0.6 is 0 Å². The number of ketones is 1. The largest absolute Gasteiger partial charge is 0.496 e. The molecule has 0 unspecified atom stereocenters. The van der Waals surface area contributed by atoms with Gasteiger partial charge in [-0.05, 0) is 12.1 Å². The number of methoxy groups -OCH3 is 2. The third-order valence-electron chi connectivity index (χ3n) is 2.07. The lowest BCUT2D eigenvalue weighted by atomic mass is 10.1. The highest BCUT2D eigenvalue weighted by molar-refractivity contribution is 6.01. The lowest BCUT2D eigenvalue weighted by Crippen LogP contribution is -2.16. The molecule has 0 amide bonds. The molecule has 0 aliphatic carbocycles. The predicted molar refractivity (Wildman–Crippen MR) is 54.5 cm³/mol. The number of Topliss-reactive ketones (excluding diaryl/α,β-unsaturated/α-hetero) is 1. The van der Waals surface area contributed by atoms with Crippen LogP contribution in [0, 0.1) is 0 Å². The lowest BCUT2D eigenvalue weighted by molar-refractivity contribution is -0.125. The van der Waals surface area contributed by atoms with Crippen LogP contribution < -0.4 is 9.47 Å². The number of alkyl halides is 3. The fraction of sp³-hybridized carbons (Fsp3) is 0.364. The summed E-state index contributed by atoms with van der Waals surface area (Å²) in [4.78, 5) is 11.5. The van der Waals surface area contributed by atoms with Crippen molar-refractivity contribution < 1.29 is 27.4 Å². The van der Waals surface area contributed by atoms with E-state index in [1.54, 1.807) is 0 Å². The van der Waals surface area contributed by atoms with E-state index in [4.69, 9.17) is 9.47 Å². The second-order valence-electron chi connectivity index (χ2n) is 3.25. The Balaban J connectivity index is 3.14. The van der Waals surface area contributed by atoms with Gasteiger partial charge in [0.25, 0.3) is 0 Å². The summed E-state index contributed by atoms with van der Waals surface area (Å²) in [6, 6.07) is 4.35. The summed E-state index contributed by atoms with van der Waals surface area (Å²) in [5, 5.41) is 0. The number of benzene rings is 1. The van der Waals surface area contributed by atoms with Crippen LogP contribution in [0.5, 0.6) is 11.5 Å². The first-order valence-electron chi connectivity index (χ1n) is 4.70. The van der Waals surface area contributed by atoms with Gasteiger partial charge in [-0.25, -0.2) is 0 Å². The van der Waals surface area contributed by atoms with E-state index in [2.05, 4.69) is 0 Å². The molecule has 1 aromatic rings. The number of hydrogen-bond donors (Lipinski definition) is 0. The van der Waals surface area contributed by atoms with Crippen molar-refractivity contribution >= 4 is 5.78 Å². The van der Waals surface area contributed by atoms with Crippen molar-refractivity contribution in [3.8, 4) is 11.5 Å². The summed E-state index contributed by atoms with van der Waals surface area (Å²) < 4.78 is 46.2. The van der Waals surface area contributed by atoms with E-state index in [-0.39, 0.29) is 17.1 Å². The maximum atomic E-state index is 12.2. The van der Waals surface area contributed by atoms with Crippen molar-refractivity contribution in [3.05, 3.63) is 23.8 Å². The standard InChI is InChI=1S/C11H11F3O3/c1-16-8-4-3-5-9(17-2)10(8)7(15)6-11(12,13)14/h3-5H,6H2,1-2H3. The number of hydrogen-bond acceptors (Lipinski definition) is 3. The molecule has 0 radical (unpaired) electrons. The molecule has 0 aliphatic rings. The molecule has 1 rings (SSSR count). The van der Waals surface area contributed by atoms with Crippen molar-refractivity contribution in [1.29, 1.82) is 0 Å². The Morgan fingerprint density at radius 3 is 2.00 bits per heavy atom. The molecule has 6 heteroatoms. The Hall–Kier alpha value is -1.72. The monoisotopic (exact) mass is 248 g/mol. The van der Waals surface area contributed by atoms with Crippen molar-refractivity contribution in [2.24, 2.45) is 0 Å². The van der Waals surface area contributed by atoms with E-state index in [1.807, 2.05) is 0 Å². The summed E-state index contributed by atoms with van der Waals surface area (Å²) in [6.07, 6.45) is -6.09. The maximum Gasteiger partial charge on any atom is 0.396 e. The number of carbonyl (C=O) groups excluding carboxylic acids is 1. The van der Waals surface area contributed by atoms with Crippen LogP contribution in [0.25, 0.3) is 0 Å². The minimum atomic E-state index is -4.55. The minimum absolute atomic E-state index is 0.0681. The Bertz CT molecular complexity index is 391. The normalized spacial score (nSPS) is 11.1. The SMILES string of the molecule is COc1cccc(OC)c1C(=O)CC(F)(F)F. The maximum absolute atomic E-state index is 12.2. The molecule has 0 N–H and O–H groups in total. The molecule has 0 aromatic heterocycles. The van der Waals surface area contributed by atoms with Crippen molar-refractivity contribution in [2.75, 3.05) is 14.2 Å². The predicted octanol–water partition coefficient (Wildman–Crippen LogP) is 2.84. The first-order chi connectivity index (χ1) is 7.89. The lowest BCUT2D eigenvalue weighted by Gasteiger charge is -2.12. The molecular weight excluding hydrogens is 237 g/mol. The van der Waals surface area contributed by atoms with Gasteiger partial charge in [-0.3, -0.25) is 4.79 Å². The molecule has 3 nitrogen and oxygen atoms in total. The third kappa shape index (κ3) is 3.37. The highest BCUT2D eigenvalue weighted by Gasteiger charge is 2.33. The second-order valence-corrected chi connectivity index (χ2v) is 3.25. The topological polar surface area (TPSA) is 35.5 Å². The molecule has 0 saturated heterocycles. The molecule has 0 heterocycles. The minimum Gasteiger partial charge on any atom is -0.496 e. The second kappa shape index (κ2) is 5.07. The summed E-state index contributed by atoms with van der Waals surface area (Å²) in [5.74, 6) is -0.941. The molecule has 17 heavy (non-hydrogen) atoms. The van der Waals surface area contributed by atoms with E-state index in [0.29, 0.717) is 0 Å². The third-order valence-corrected chi connectivity index (χ3v) is 2.07. The number of rotatable bonds is 4. The zero-order valence-corrected chi connectivity index (χ0v) is 9.30. The van der Waals surface area contributed by atoms with Crippen LogP contribution in [0.2, 0.25) is 0 Å². The van der Waals surface area contributed by atoms with E-state index >= 15 is 0 Å². The van der Waals surface area contributed by atoms with E-state index in [1.165, 1.54) is 32.4 Å². The van der Waals surface area contributed by atoms with Gasteiger partial charge in [-0.15, -0.1) is 0 Å². The average molecular weight is 248 g/mol. The Morgan fingerprint density at radius 2 is 1.65 bits per heavy atom. The van der Waals surface area contributed by atoms with Gasteiger partial charge in [0.1, 0.15) is 23.5 Å². The van der Waals surface area contributed by atoms with Gasteiger partial charge in [-0.2, -0.15) is 13.2 Å². The summed E-state index contributed by atoms with van der Waals surface area (Å²) in [6.45, 7) is 0. The molecule has 1 aromatic carbocycles. The van der Waals surface area contributed by atoms with Gasteiger partial charge in [0.2, 0.25) is 0 Å². The summed E-state index contributed by atoms with van der Waals surface area (Å²) >= 11 is 0. The molecular formula is C11H11F3O3. The first-order valence-corrected chi connectivity index (χ1v) is 4.70. The van der Waals surface area contributed by atoms with E-state index < -0.39 is 18.4 Å². The smallest absolute Gasteiger partial charge is 0.396 e. The summed E-state index contributed by atoms with van der Waals surface area (Å²) in [7, 11) is 2.55. The molecule has 0 atom stereocenters. The fourth-order valence-corrected chi connectivity index (χ4v) is 1.40. The van der Waals surface area contributed by atoms with Crippen LogP contribution in [-0.4, -0.2) is 26.2 Å². The van der Waals surface area contributed by atoms with Gasteiger partial charge in [0, 0.05) is 0 Å². The van der Waals surface area contributed by atoms with Gasteiger partial charge < -0.3 is 9.47 Å². The molecule has 94 valence electrons. The fourth-order valence-electron chi connectivity index (χ4n) is 1.40. The van der Waals surface area contributed by atoms with Crippen LogP contribution in [-0.2, 0) is 0 Å². The molecule has 0 aliphatic heterocycles. The van der Waals surface area contributed by atoms with Gasteiger partial charge in [0.15, 0.2) is 5.78 Å². The highest BCUT2D eigenvalue weighted by atomic mass is 19.4. The molecule has 0 bridgehead atoms. The Morgan fingerprint density at radius 1 is 1.18 bits per heavy atom. The van der Waals surface area contributed by atoms with E-state index in [9.17, 15) is 18.0 Å². The van der Waals surface area contributed by atoms with Gasteiger partial charge in [-0.1, -0.05) is 6.07 Å². The van der Waals surface area contributed by atoms with Crippen LogP contribution in [0.3, 0.4) is 0 Å². The molecule has 0 fully saturated rings. The summed E-state index contributed by atoms with van der Waals surface area (Å²) in [5.41, 5.74) is -0.185. The molecule has 0 saturated carbocycles. The van der Waals surface area contributed by atoms with Crippen LogP contribution in [0.1, 0.15) is 16.8 Å². The van der Waals surface area contributed by atoms with Crippen molar-refractivity contribution in [3.63, 3.8) is 0 Å². The quantitative estimate of drug-likeness (QED) is 0.768. The van der Waals surface area contributed by atoms with Gasteiger partial charge in [0.05, 0.1) is 14.2 Å². The zero-order valence-electron chi connectivity index (χ0n) is 9.30. The van der Waals surface area contributed by atoms with Crippen LogP contribution in [0.4, 0.5) is 13.2 Å². The highest BCUT2D eigenvalue weighted by Crippen LogP contribution is 2.32. The molecule has 0 spiro atoms. The van der Waals surface area contributed by atoms with Crippen molar-refractivity contribution in [1.82, 2.24) is 0 Å². The van der Waals surface area contributed by atoms with Crippen LogP contribution in [0.15, 0.2) is 18.2 Å². The zero-order chi connectivity index (χ0) is 13.1. The first kappa shape index (κ1) is 13.3. The Kier molecular flexibility index (Phi) is 3.98. The number of carbonyl (C=O) groups is 1. The number of ether oxygens (including phenoxy) is 2. The van der Waals surface area contributed by atoms with E-state index in [0.717, 1.165) is 0 Å². The van der Waals surface area contributed by atoms with Gasteiger partial charge >= 0.3 is 6.18 Å². The number of halogens is 3. The Labute approximate surface area is 96.1 Å².